The molecule has 1 aliphatic heterocycles. The molecule has 8 heteroatoms. The van der Waals surface area contributed by atoms with E-state index in [4.69, 9.17) is 14.2 Å². The minimum Gasteiger partial charge on any atom is -0.462 e. The Hall–Kier alpha value is -2.48. The lowest BCUT2D eigenvalue weighted by Crippen LogP contribution is -2.58. The van der Waals surface area contributed by atoms with Gasteiger partial charge in [0.15, 0.2) is 11.9 Å². The molecule has 0 saturated heterocycles. The summed E-state index contributed by atoms with van der Waals surface area (Å²) in [5.74, 6) is -2.48. The Balaban J connectivity index is 1.58. The second kappa shape index (κ2) is 10.0. The number of hydrogen-bond acceptors (Lipinski definition) is 8. The lowest BCUT2D eigenvalue weighted by molar-refractivity contribution is -0.174. The highest BCUT2D eigenvalue weighted by Gasteiger charge is 2.83. The lowest BCUT2D eigenvalue weighted by atomic mass is 9.43. The largest absolute Gasteiger partial charge is 0.462 e. The number of cyclic esters (lactones) is 1. The fraction of sp³-hybridized carbons (Fsp3) is 0.765. The zero-order chi connectivity index (χ0) is 31.2. The lowest BCUT2D eigenvalue weighted by Gasteiger charge is -2.61. The maximum Gasteiger partial charge on any atom is 0.330 e. The average molecular weight is 585 g/mol. The number of hydrogen-bond donors (Lipinski definition) is 1. The van der Waals surface area contributed by atoms with Gasteiger partial charge in [-0.05, 0) is 72.7 Å². The monoisotopic (exact) mass is 584 g/mol. The van der Waals surface area contributed by atoms with E-state index in [9.17, 15) is 24.3 Å². The minimum atomic E-state index is -1.04. The molecule has 0 aromatic heterocycles. The van der Waals surface area contributed by atoms with E-state index in [-0.39, 0.29) is 63.1 Å². The summed E-state index contributed by atoms with van der Waals surface area (Å²) in [7, 11) is 0. The third kappa shape index (κ3) is 4.17. The van der Waals surface area contributed by atoms with Gasteiger partial charge >= 0.3 is 17.9 Å². The quantitative estimate of drug-likeness (QED) is 0.253. The van der Waals surface area contributed by atoms with Gasteiger partial charge in [0.2, 0.25) is 0 Å². The number of allylic oxidation sites excluding steroid dienone is 1. The minimum absolute atomic E-state index is 0.0974. The number of aliphatic hydroxyl groups is 1. The summed E-state index contributed by atoms with van der Waals surface area (Å²) in [5.41, 5.74) is -0.759. The van der Waals surface area contributed by atoms with Crippen LogP contribution in [-0.2, 0) is 33.4 Å². The molecular formula is C34H48O8. The zero-order valence-electron chi connectivity index (χ0n) is 26.4. The Kier molecular flexibility index (Phi) is 7.40. The Morgan fingerprint density at radius 2 is 1.76 bits per heavy atom. The van der Waals surface area contributed by atoms with Crippen molar-refractivity contribution < 1.29 is 38.5 Å². The van der Waals surface area contributed by atoms with Gasteiger partial charge in [-0.3, -0.25) is 14.4 Å². The second-order valence-electron chi connectivity index (χ2n) is 14.9. The van der Waals surface area contributed by atoms with Crippen LogP contribution >= 0.6 is 0 Å². The molecule has 232 valence electrons. The van der Waals surface area contributed by atoms with Gasteiger partial charge in [-0.1, -0.05) is 47.3 Å². The molecule has 5 aliphatic rings. The van der Waals surface area contributed by atoms with Gasteiger partial charge in [0.05, 0.1) is 6.10 Å². The van der Waals surface area contributed by atoms with E-state index in [0.717, 1.165) is 19.3 Å². The molecule has 0 amide bonds. The number of carbonyl (C=O) groups is 4. The van der Waals surface area contributed by atoms with E-state index in [0.29, 0.717) is 18.4 Å². The van der Waals surface area contributed by atoms with Crippen LogP contribution in [0.4, 0.5) is 0 Å². The molecule has 8 nitrogen and oxygen atoms in total. The second-order valence-corrected chi connectivity index (χ2v) is 14.9. The number of esters is 3. The molecule has 42 heavy (non-hydrogen) atoms. The summed E-state index contributed by atoms with van der Waals surface area (Å²) in [6.07, 6.45) is 4.75. The van der Waals surface area contributed by atoms with Crippen molar-refractivity contribution in [2.24, 2.45) is 51.2 Å². The molecule has 12 unspecified atom stereocenters. The van der Waals surface area contributed by atoms with Crippen molar-refractivity contribution in [3.63, 3.8) is 0 Å². The summed E-state index contributed by atoms with van der Waals surface area (Å²) >= 11 is 0. The molecule has 4 saturated carbocycles. The normalized spacial score (nSPS) is 44.8. The van der Waals surface area contributed by atoms with Crippen LogP contribution < -0.4 is 0 Å². The van der Waals surface area contributed by atoms with Crippen molar-refractivity contribution in [1.29, 1.82) is 0 Å². The van der Waals surface area contributed by atoms with Crippen molar-refractivity contribution in [2.45, 2.75) is 112 Å². The first-order valence-corrected chi connectivity index (χ1v) is 15.6. The number of ether oxygens (including phenoxy) is 3. The number of rotatable bonds is 7. The highest BCUT2D eigenvalue weighted by molar-refractivity contribution is 5.99. The fourth-order valence-corrected chi connectivity index (χ4v) is 10.8. The molecular weight excluding hydrogens is 536 g/mol. The van der Waals surface area contributed by atoms with Crippen LogP contribution in [0.25, 0.3) is 0 Å². The smallest absolute Gasteiger partial charge is 0.330 e. The van der Waals surface area contributed by atoms with Crippen LogP contribution in [0.5, 0.6) is 0 Å². The molecule has 0 radical (unpaired) electrons. The van der Waals surface area contributed by atoms with Gasteiger partial charge in [-0.25, -0.2) is 4.79 Å². The van der Waals surface area contributed by atoms with Gasteiger partial charge in [0.25, 0.3) is 0 Å². The highest BCUT2D eigenvalue weighted by Crippen LogP contribution is 2.86. The number of fused-ring (bicyclic) bond motifs is 2. The summed E-state index contributed by atoms with van der Waals surface area (Å²) in [6.45, 7) is 18.8. The predicted molar refractivity (Wildman–Crippen MR) is 155 cm³/mol. The fourth-order valence-electron chi connectivity index (χ4n) is 10.8. The van der Waals surface area contributed by atoms with Crippen LogP contribution in [0.15, 0.2) is 24.3 Å². The maximum absolute atomic E-state index is 13.7. The first-order chi connectivity index (χ1) is 19.5. The van der Waals surface area contributed by atoms with Gasteiger partial charge in [-0.2, -0.15) is 0 Å². The van der Waals surface area contributed by atoms with E-state index in [1.54, 1.807) is 6.08 Å². The Morgan fingerprint density at radius 3 is 2.36 bits per heavy atom. The molecule has 0 bridgehead atoms. The SMILES string of the molecule is C=C(C(=O)C(OC(C)=O)C(C)C1C(OC(C)=O)CC2(C)C3CC(O)C4C(C)OC(=O)C=CC45CC35CCC12C)C(C)C. The van der Waals surface area contributed by atoms with Gasteiger partial charge < -0.3 is 19.3 Å². The van der Waals surface area contributed by atoms with Crippen molar-refractivity contribution in [2.75, 3.05) is 0 Å². The molecule has 0 aromatic carbocycles. The summed E-state index contributed by atoms with van der Waals surface area (Å²) in [6, 6.07) is 0. The van der Waals surface area contributed by atoms with E-state index in [2.05, 4.69) is 20.4 Å². The van der Waals surface area contributed by atoms with E-state index >= 15 is 0 Å². The molecule has 0 aromatic rings. The van der Waals surface area contributed by atoms with Crippen LogP contribution in [0, 0.1) is 51.2 Å². The zero-order valence-corrected chi connectivity index (χ0v) is 26.4. The standard InChI is InChI=1S/C34H48O8/c1-17(2)18(3)29(39)30(42-22(7)36)19(4)27-24(41-21(6)35)15-32(9)25-14-23(37)28-20(5)40-26(38)10-11-34(28)16-33(25,34)13-12-31(27,32)8/h10-11,17,19-20,23-25,27-28,30,37H,3,12-16H2,1-2,4-9H3. The predicted octanol–water partition coefficient (Wildman–Crippen LogP) is 4.97. The third-order valence-corrected chi connectivity index (χ3v) is 12.7. The first kappa shape index (κ1) is 31.0. The van der Waals surface area contributed by atoms with Crippen LogP contribution in [0.2, 0.25) is 0 Å². The van der Waals surface area contributed by atoms with E-state index in [1.807, 2.05) is 33.8 Å². The first-order valence-electron chi connectivity index (χ1n) is 15.6. The summed E-state index contributed by atoms with van der Waals surface area (Å²) in [4.78, 5) is 50.9. The molecule has 5 rings (SSSR count). The van der Waals surface area contributed by atoms with E-state index in [1.165, 1.54) is 13.8 Å². The van der Waals surface area contributed by atoms with E-state index < -0.39 is 36.3 Å². The van der Waals surface area contributed by atoms with Gasteiger partial charge in [-0.15, -0.1) is 0 Å². The van der Waals surface area contributed by atoms with Gasteiger partial charge in [0.1, 0.15) is 12.2 Å². The maximum atomic E-state index is 13.7. The number of Topliss-reactive ketones (excluding diaryl/α,β-unsaturated/α-hetero) is 1. The van der Waals surface area contributed by atoms with Crippen LogP contribution in [-0.4, -0.2) is 53.2 Å². The molecule has 4 aliphatic carbocycles. The van der Waals surface area contributed by atoms with Crippen LogP contribution in [0.3, 0.4) is 0 Å². The van der Waals surface area contributed by atoms with Crippen LogP contribution in [0.1, 0.15) is 87.5 Å². The molecule has 2 spiro atoms. The van der Waals surface area contributed by atoms with Crippen molar-refractivity contribution in [3.05, 3.63) is 24.3 Å². The average Bonchev–Trinajstić information content (AvgIpc) is 3.51. The molecule has 4 fully saturated rings. The van der Waals surface area contributed by atoms with Gasteiger partial charge in [0, 0.05) is 43.1 Å². The highest BCUT2D eigenvalue weighted by atomic mass is 16.6. The number of carbonyl (C=O) groups excluding carboxylic acids is 4. The Labute approximate surface area is 249 Å². The van der Waals surface area contributed by atoms with Crippen molar-refractivity contribution in [1.82, 2.24) is 0 Å². The summed E-state index contributed by atoms with van der Waals surface area (Å²) < 4.78 is 17.5. The topological polar surface area (TPSA) is 116 Å². The Bertz CT molecular complexity index is 1240. The van der Waals surface area contributed by atoms with Crippen molar-refractivity contribution in [3.8, 4) is 0 Å². The number of aliphatic hydroxyl groups excluding tert-OH is 1. The molecule has 12 atom stereocenters. The number of ketones is 1. The molecule has 1 heterocycles. The summed E-state index contributed by atoms with van der Waals surface area (Å²) in [5, 5.41) is 11.7. The third-order valence-electron chi connectivity index (χ3n) is 12.7. The van der Waals surface area contributed by atoms with Crippen molar-refractivity contribution >= 4 is 23.7 Å². The Morgan fingerprint density at radius 1 is 1.10 bits per heavy atom. The molecule has 1 N–H and O–H groups in total.